The molecule has 1 aromatic carbocycles. The van der Waals surface area contributed by atoms with Crippen molar-refractivity contribution >= 4 is 27.5 Å². The summed E-state index contributed by atoms with van der Waals surface area (Å²) in [5.41, 5.74) is 4.87. The van der Waals surface area contributed by atoms with Gasteiger partial charge in [-0.25, -0.2) is 5.43 Å². The van der Waals surface area contributed by atoms with Gasteiger partial charge >= 0.3 is 0 Å². The second-order valence-corrected chi connectivity index (χ2v) is 5.11. The van der Waals surface area contributed by atoms with Crippen LogP contribution in [0.4, 0.5) is 0 Å². The van der Waals surface area contributed by atoms with E-state index in [-0.39, 0.29) is 6.04 Å². The van der Waals surface area contributed by atoms with Crippen molar-refractivity contribution in [3.8, 4) is 0 Å². The Morgan fingerprint density at radius 1 is 1.50 bits per heavy atom. The minimum atomic E-state index is -0.110. The maximum atomic E-state index is 6.00. The van der Waals surface area contributed by atoms with Crippen LogP contribution in [0.1, 0.15) is 24.2 Å². The Bertz CT molecular complexity index is 541. The molecule has 18 heavy (non-hydrogen) atoms. The number of nitrogens with two attached hydrogens (primary N) is 1. The number of nitrogens with zero attached hydrogens (tertiary/aromatic N) is 2. The van der Waals surface area contributed by atoms with E-state index in [9.17, 15) is 0 Å². The van der Waals surface area contributed by atoms with Crippen molar-refractivity contribution in [2.75, 3.05) is 0 Å². The third-order valence-electron chi connectivity index (χ3n) is 2.79. The van der Waals surface area contributed by atoms with Crippen molar-refractivity contribution in [3.05, 3.63) is 51.2 Å². The highest BCUT2D eigenvalue weighted by molar-refractivity contribution is 9.10. The maximum Gasteiger partial charge on any atom is 0.0878 e. The molecule has 0 amide bonds. The molecule has 1 atom stereocenters. The molecule has 1 aromatic heterocycles. The molecule has 1 heterocycles. The monoisotopic (exact) mass is 328 g/mol. The molecule has 3 N–H and O–H groups in total. The standard InChI is InChI=1S/C12H14BrClN4/c1-2-18-11(5-6-16-18)12(17-15)8-3-4-10(14)9(13)7-8/h3-7,12,17H,2,15H2,1H3. The van der Waals surface area contributed by atoms with E-state index in [1.807, 2.05) is 35.9 Å². The van der Waals surface area contributed by atoms with Gasteiger partial charge in [-0.3, -0.25) is 10.5 Å². The Balaban J connectivity index is 2.42. The Morgan fingerprint density at radius 3 is 2.89 bits per heavy atom. The van der Waals surface area contributed by atoms with Gasteiger partial charge in [-0.1, -0.05) is 17.7 Å². The van der Waals surface area contributed by atoms with Crippen LogP contribution < -0.4 is 11.3 Å². The van der Waals surface area contributed by atoms with Gasteiger partial charge in [0, 0.05) is 17.2 Å². The van der Waals surface area contributed by atoms with Crippen LogP contribution in [0.5, 0.6) is 0 Å². The van der Waals surface area contributed by atoms with Crippen LogP contribution >= 0.6 is 27.5 Å². The van der Waals surface area contributed by atoms with Crippen molar-refractivity contribution in [1.29, 1.82) is 0 Å². The molecule has 0 spiro atoms. The highest BCUT2D eigenvalue weighted by Crippen LogP contribution is 2.28. The maximum absolute atomic E-state index is 6.00. The van der Waals surface area contributed by atoms with Crippen LogP contribution in [-0.2, 0) is 6.54 Å². The molecule has 0 fully saturated rings. The van der Waals surface area contributed by atoms with Crippen LogP contribution in [0.3, 0.4) is 0 Å². The van der Waals surface area contributed by atoms with Crippen LogP contribution in [0, 0.1) is 0 Å². The molecule has 0 radical (unpaired) electrons. The summed E-state index contributed by atoms with van der Waals surface area (Å²) in [6.07, 6.45) is 1.77. The molecule has 2 aromatic rings. The van der Waals surface area contributed by atoms with Gasteiger partial charge in [0.2, 0.25) is 0 Å². The average molecular weight is 330 g/mol. The van der Waals surface area contributed by atoms with Crippen molar-refractivity contribution in [2.45, 2.75) is 19.5 Å². The first-order valence-corrected chi connectivity index (χ1v) is 6.77. The lowest BCUT2D eigenvalue weighted by Gasteiger charge is -2.18. The van der Waals surface area contributed by atoms with Gasteiger partial charge in [-0.2, -0.15) is 5.10 Å². The first-order chi connectivity index (χ1) is 8.67. The van der Waals surface area contributed by atoms with E-state index in [1.165, 1.54) is 0 Å². The fourth-order valence-electron chi connectivity index (χ4n) is 1.90. The largest absolute Gasteiger partial charge is 0.271 e. The van der Waals surface area contributed by atoms with Crippen molar-refractivity contribution in [1.82, 2.24) is 15.2 Å². The molecule has 0 aliphatic heterocycles. The molecule has 0 saturated carbocycles. The van der Waals surface area contributed by atoms with E-state index in [4.69, 9.17) is 17.4 Å². The Kier molecular flexibility index (Phi) is 4.40. The number of benzene rings is 1. The molecule has 96 valence electrons. The van der Waals surface area contributed by atoms with Gasteiger partial charge in [0.15, 0.2) is 0 Å². The Labute approximate surface area is 119 Å². The average Bonchev–Trinajstić information content (AvgIpc) is 2.83. The lowest BCUT2D eigenvalue weighted by molar-refractivity contribution is 0.543. The molecule has 6 heteroatoms. The number of hydrogen-bond acceptors (Lipinski definition) is 3. The second-order valence-electron chi connectivity index (χ2n) is 3.85. The van der Waals surface area contributed by atoms with E-state index in [2.05, 4.69) is 26.5 Å². The number of nitrogens with one attached hydrogen (secondary N) is 1. The summed E-state index contributed by atoms with van der Waals surface area (Å²) in [6.45, 7) is 2.84. The SMILES string of the molecule is CCn1nccc1C(NN)c1ccc(Cl)c(Br)c1. The van der Waals surface area contributed by atoms with Gasteiger partial charge < -0.3 is 0 Å². The Hall–Kier alpha value is -0.880. The zero-order chi connectivity index (χ0) is 13.1. The molecular formula is C12H14BrClN4. The van der Waals surface area contributed by atoms with Crippen LogP contribution in [0.2, 0.25) is 5.02 Å². The summed E-state index contributed by atoms with van der Waals surface area (Å²) in [5, 5.41) is 4.93. The minimum absolute atomic E-state index is 0.110. The van der Waals surface area contributed by atoms with E-state index in [1.54, 1.807) is 6.20 Å². The third kappa shape index (κ3) is 2.59. The van der Waals surface area contributed by atoms with Gasteiger partial charge in [0.25, 0.3) is 0 Å². The summed E-state index contributed by atoms with van der Waals surface area (Å²) in [4.78, 5) is 0. The van der Waals surface area contributed by atoms with Crippen LogP contribution in [-0.4, -0.2) is 9.78 Å². The molecule has 4 nitrogen and oxygen atoms in total. The molecule has 0 aliphatic rings. The predicted molar refractivity (Wildman–Crippen MR) is 76.2 cm³/mol. The number of aromatic nitrogens is 2. The van der Waals surface area contributed by atoms with E-state index in [0.717, 1.165) is 22.3 Å². The minimum Gasteiger partial charge on any atom is -0.271 e. The topological polar surface area (TPSA) is 55.9 Å². The fourth-order valence-corrected chi connectivity index (χ4v) is 2.41. The van der Waals surface area contributed by atoms with Gasteiger partial charge in [-0.15, -0.1) is 0 Å². The fraction of sp³-hybridized carbons (Fsp3) is 0.250. The smallest absolute Gasteiger partial charge is 0.0878 e. The highest BCUT2D eigenvalue weighted by atomic mass is 79.9. The van der Waals surface area contributed by atoms with Gasteiger partial charge in [0.1, 0.15) is 0 Å². The summed E-state index contributed by atoms with van der Waals surface area (Å²) in [5.74, 6) is 5.67. The first kappa shape index (κ1) is 13.5. The zero-order valence-electron chi connectivity index (χ0n) is 9.90. The quantitative estimate of drug-likeness (QED) is 0.670. The number of halogens is 2. The normalized spacial score (nSPS) is 12.7. The summed E-state index contributed by atoms with van der Waals surface area (Å²) < 4.78 is 2.76. The molecular weight excluding hydrogens is 316 g/mol. The van der Waals surface area contributed by atoms with Crippen LogP contribution in [0.15, 0.2) is 34.9 Å². The van der Waals surface area contributed by atoms with Gasteiger partial charge in [0.05, 0.1) is 16.8 Å². The lowest BCUT2D eigenvalue weighted by Crippen LogP contribution is -2.30. The number of hydrazine groups is 1. The van der Waals surface area contributed by atoms with Crippen molar-refractivity contribution in [2.24, 2.45) is 5.84 Å². The first-order valence-electron chi connectivity index (χ1n) is 5.60. The summed E-state index contributed by atoms with van der Waals surface area (Å²) in [7, 11) is 0. The Morgan fingerprint density at radius 2 is 2.28 bits per heavy atom. The zero-order valence-corrected chi connectivity index (χ0v) is 12.2. The van der Waals surface area contributed by atoms with Crippen molar-refractivity contribution in [3.63, 3.8) is 0 Å². The van der Waals surface area contributed by atoms with E-state index in [0.29, 0.717) is 5.02 Å². The second kappa shape index (κ2) is 5.84. The summed E-state index contributed by atoms with van der Waals surface area (Å²) >= 11 is 9.42. The van der Waals surface area contributed by atoms with Gasteiger partial charge in [-0.05, 0) is 46.6 Å². The molecule has 0 saturated heterocycles. The molecule has 0 aliphatic carbocycles. The number of hydrogen-bond donors (Lipinski definition) is 2. The predicted octanol–water partition coefficient (Wildman–Crippen LogP) is 2.87. The summed E-state index contributed by atoms with van der Waals surface area (Å²) in [6, 6.07) is 7.60. The number of aryl methyl sites for hydroxylation is 1. The molecule has 0 bridgehead atoms. The molecule has 1 unspecified atom stereocenters. The van der Waals surface area contributed by atoms with E-state index >= 15 is 0 Å². The van der Waals surface area contributed by atoms with Crippen LogP contribution in [0.25, 0.3) is 0 Å². The van der Waals surface area contributed by atoms with Crippen molar-refractivity contribution < 1.29 is 0 Å². The lowest BCUT2D eigenvalue weighted by atomic mass is 10.0. The third-order valence-corrected chi connectivity index (χ3v) is 4.00. The van der Waals surface area contributed by atoms with E-state index < -0.39 is 0 Å². The number of rotatable bonds is 4. The highest BCUT2D eigenvalue weighted by Gasteiger charge is 2.17. The molecule has 2 rings (SSSR count).